The second-order valence-electron chi connectivity index (χ2n) is 2.53. The molecule has 0 aromatic heterocycles. The van der Waals surface area contributed by atoms with E-state index in [1.54, 1.807) is 0 Å². The Morgan fingerprint density at radius 1 is 1.64 bits per heavy atom. The molecule has 11 heavy (non-hydrogen) atoms. The fraction of sp³-hybridized carbons (Fsp3) is 0.778. The van der Waals surface area contributed by atoms with Gasteiger partial charge in [0.25, 0.3) is 0 Å². The molecule has 0 amide bonds. The maximum Gasteiger partial charge on any atom is 0.0706 e. The van der Waals surface area contributed by atoms with E-state index in [9.17, 15) is 0 Å². The number of rotatable bonds is 7. The van der Waals surface area contributed by atoms with Crippen molar-refractivity contribution in [1.82, 2.24) is 0 Å². The van der Waals surface area contributed by atoms with Crippen LogP contribution >= 0.6 is 15.9 Å². The Bertz CT molecular complexity index is 93.6. The number of hydrogen-bond donors (Lipinski definition) is 0. The number of alkyl halides is 1. The van der Waals surface area contributed by atoms with Gasteiger partial charge in [0, 0.05) is 11.9 Å². The summed E-state index contributed by atoms with van der Waals surface area (Å²) < 4.78 is 5.55. The summed E-state index contributed by atoms with van der Waals surface area (Å²) >= 11 is 3.40. The molecular weight excluding hydrogens is 204 g/mol. The van der Waals surface area contributed by atoms with Crippen molar-refractivity contribution in [3.05, 3.63) is 12.7 Å². The molecule has 2 heteroatoms. The van der Waals surface area contributed by atoms with Crippen LogP contribution in [-0.2, 0) is 4.74 Å². The minimum absolute atomic E-state index is 0.319. The van der Waals surface area contributed by atoms with E-state index < -0.39 is 0 Å². The van der Waals surface area contributed by atoms with E-state index in [4.69, 9.17) is 4.74 Å². The fourth-order valence-corrected chi connectivity index (χ4v) is 1.21. The van der Waals surface area contributed by atoms with E-state index >= 15 is 0 Å². The van der Waals surface area contributed by atoms with Gasteiger partial charge in [-0.05, 0) is 12.8 Å². The third-order valence-corrected chi connectivity index (χ3v) is 2.18. The third-order valence-electron chi connectivity index (χ3n) is 1.45. The molecule has 0 spiro atoms. The predicted molar refractivity (Wildman–Crippen MR) is 53.3 cm³/mol. The average Bonchev–Trinajstić information content (AvgIpc) is 2.03. The standard InChI is InChI=1S/C9H17BrO/c1-3-5-7-11-9(8-10)6-4-2/h4,9H,2-3,5-8H2,1H3. The average molecular weight is 221 g/mol. The quantitative estimate of drug-likeness (QED) is 0.364. The molecule has 0 aliphatic heterocycles. The minimum atomic E-state index is 0.319. The number of ether oxygens (including phenoxy) is 1. The van der Waals surface area contributed by atoms with Crippen LogP contribution in [0.15, 0.2) is 12.7 Å². The van der Waals surface area contributed by atoms with Gasteiger partial charge in [0.15, 0.2) is 0 Å². The molecule has 0 bridgehead atoms. The first kappa shape index (κ1) is 11.2. The molecule has 0 heterocycles. The monoisotopic (exact) mass is 220 g/mol. The zero-order valence-electron chi connectivity index (χ0n) is 7.18. The van der Waals surface area contributed by atoms with Gasteiger partial charge < -0.3 is 4.74 Å². The third kappa shape index (κ3) is 6.57. The van der Waals surface area contributed by atoms with Crippen molar-refractivity contribution in [2.24, 2.45) is 0 Å². The van der Waals surface area contributed by atoms with Gasteiger partial charge in [-0.2, -0.15) is 0 Å². The summed E-state index contributed by atoms with van der Waals surface area (Å²) in [6, 6.07) is 0. The molecule has 1 nitrogen and oxygen atoms in total. The van der Waals surface area contributed by atoms with Crippen LogP contribution in [0.4, 0.5) is 0 Å². The highest BCUT2D eigenvalue weighted by atomic mass is 79.9. The highest BCUT2D eigenvalue weighted by Crippen LogP contribution is 2.04. The lowest BCUT2D eigenvalue weighted by Crippen LogP contribution is -2.14. The van der Waals surface area contributed by atoms with Crippen LogP contribution in [-0.4, -0.2) is 18.0 Å². The largest absolute Gasteiger partial charge is 0.377 e. The Balaban J connectivity index is 3.27. The summed E-state index contributed by atoms with van der Waals surface area (Å²) in [5.41, 5.74) is 0. The van der Waals surface area contributed by atoms with Gasteiger partial charge in [-0.25, -0.2) is 0 Å². The molecule has 0 aromatic rings. The van der Waals surface area contributed by atoms with E-state index in [1.807, 2.05) is 6.08 Å². The van der Waals surface area contributed by atoms with Crippen LogP contribution < -0.4 is 0 Å². The topological polar surface area (TPSA) is 9.23 Å². The second-order valence-corrected chi connectivity index (χ2v) is 3.17. The summed E-state index contributed by atoms with van der Waals surface area (Å²) in [6.07, 6.45) is 5.51. The van der Waals surface area contributed by atoms with E-state index in [0.29, 0.717) is 6.10 Å². The van der Waals surface area contributed by atoms with Crippen molar-refractivity contribution in [3.63, 3.8) is 0 Å². The summed E-state index contributed by atoms with van der Waals surface area (Å²) in [5, 5.41) is 0.905. The van der Waals surface area contributed by atoms with Crippen LogP contribution in [0.25, 0.3) is 0 Å². The highest BCUT2D eigenvalue weighted by molar-refractivity contribution is 9.09. The first-order valence-corrected chi connectivity index (χ1v) is 5.25. The Morgan fingerprint density at radius 3 is 2.82 bits per heavy atom. The number of hydrogen-bond acceptors (Lipinski definition) is 1. The molecule has 0 aliphatic rings. The molecule has 0 aromatic carbocycles. The molecule has 66 valence electrons. The Kier molecular flexibility index (Phi) is 8.41. The lowest BCUT2D eigenvalue weighted by Gasteiger charge is -2.12. The highest BCUT2D eigenvalue weighted by Gasteiger charge is 2.03. The molecule has 0 radical (unpaired) electrons. The SMILES string of the molecule is C=CCC(CBr)OCCCC. The lowest BCUT2D eigenvalue weighted by atomic mass is 10.3. The van der Waals surface area contributed by atoms with Gasteiger partial charge in [0.05, 0.1) is 6.10 Å². The van der Waals surface area contributed by atoms with Crippen LogP contribution in [0.3, 0.4) is 0 Å². The Hall–Kier alpha value is 0.180. The fourth-order valence-electron chi connectivity index (χ4n) is 0.756. The molecule has 0 saturated heterocycles. The van der Waals surface area contributed by atoms with Crippen molar-refractivity contribution in [3.8, 4) is 0 Å². The Labute approximate surface area is 78.0 Å². The predicted octanol–water partition coefficient (Wildman–Crippen LogP) is 3.14. The van der Waals surface area contributed by atoms with Gasteiger partial charge in [-0.15, -0.1) is 6.58 Å². The summed E-state index contributed by atoms with van der Waals surface area (Å²) in [5.74, 6) is 0. The van der Waals surface area contributed by atoms with Crippen LogP contribution in [0.2, 0.25) is 0 Å². The first-order chi connectivity index (χ1) is 5.35. The second kappa shape index (κ2) is 8.28. The minimum Gasteiger partial charge on any atom is -0.377 e. The van der Waals surface area contributed by atoms with Gasteiger partial charge in [-0.1, -0.05) is 35.4 Å². The van der Waals surface area contributed by atoms with E-state index in [2.05, 4.69) is 29.4 Å². The van der Waals surface area contributed by atoms with Crippen LogP contribution in [0.5, 0.6) is 0 Å². The molecule has 0 saturated carbocycles. The first-order valence-electron chi connectivity index (χ1n) is 4.13. The normalized spacial score (nSPS) is 12.9. The molecule has 1 atom stereocenters. The van der Waals surface area contributed by atoms with Crippen molar-refractivity contribution in [2.75, 3.05) is 11.9 Å². The molecular formula is C9H17BrO. The van der Waals surface area contributed by atoms with Gasteiger partial charge in [-0.3, -0.25) is 0 Å². The number of unbranched alkanes of at least 4 members (excludes halogenated alkanes) is 1. The summed E-state index contributed by atoms with van der Waals surface area (Å²) in [7, 11) is 0. The lowest BCUT2D eigenvalue weighted by molar-refractivity contribution is 0.0701. The van der Waals surface area contributed by atoms with Crippen LogP contribution in [0.1, 0.15) is 26.2 Å². The van der Waals surface area contributed by atoms with Gasteiger partial charge >= 0.3 is 0 Å². The zero-order chi connectivity index (χ0) is 8.53. The van der Waals surface area contributed by atoms with E-state index in [0.717, 1.165) is 24.8 Å². The number of halogens is 1. The molecule has 0 N–H and O–H groups in total. The summed E-state index contributed by atoms with van der Waals surface area (Å²) in [4.78, 5) is 0. The van der Waals surface area contributed by atoms with Crippen molar-refractivity contribution < 1.29 is 4.74 Å². The van der Waals surface area contributed by atoms with Crippen molar-refractivity contribution >= 4 is 15.9 Å². The molecule has 0 fully saturated rings. The molecule has 0 aliphatic carbocycles. The molecule has 1 unspecified atom stereocenters. The van der Waals surface area contributed by atoms with Crippen molar-refractivity contribution in [2.45, 2.75) is 32.3 Å². The van der Waals surface area contributed by atoms with E-state index in [1.165, 1.54) is 6.42 Å². The molecule has 0 rings (SSSR count). The smallest absolute Gasteiger partial charge is 0.0706 e. The maximum absolute atomic E-state index is 5.55. The zero-order valence-corrected chi connectivity index (χ0v) is 8.77. The van der Waals surface area contributed by atoms with Crippen molar-refractivity contribution in [1.29, 1.82) is 0 Å². The maximum atomic E-state index is 5.55. The van der Waals surface area contributed by atoms with Gasteiger partial charge in [0.1, 0.15) is 0 Å². The Morgan fingerprint density at radius 2 is 2.36 bits per heavy atom. The van der Waals surface area contributed by atoms with Gasteiger partial charge in [0.2, 0.25) is 0 Å². The van der Waals surface area contributed by atoms with E-state index in [-0.39, 0.29) is 0 Å². The van der Waals surface area contributed by atoms with Crippen LogP contribution in [0, 0.1) is 0 Å². The summed E-state index contributed by atoms with van der Waals surface area (Å²) in [6.45, 7) is 6.72.